The standard InChI is InChI=1S/C48H75NO9S/c1-34(14-9-7-10-15-36(3)46(55-6)30-42-16-13-17-45(58-42)47(53)48(54)49-26-11-8-12-27-49)28-37(4)43(51)31-44(52)38(5)29-35(2)18-22-40(56-32-50)23-19-39-20-24-41(25-21-39)57-33-59/h7,9-10,14-15,29,32-35,37,39-42,44-46,52H,8,11-13,16-28,30-31H2,1-6H3/b10-7+,14-9+,36-15+,38-29+. The van der Waals surface area contributed by atoms with E-state index in [1.807, 2.05) is 51.2 Å². The van der Waals surface area contributed by atoms with Gasteiger partial charge < -0.3 is 29.0 Å². The molecule has 0 aromatic heterocycles. The Morgan fingerprint density at radius 1 is 0.881 bits per heavy atom. The minimum absolute atomic E-state index is 0.0476. The molecule has 1 amide bonds. The highest BCUT2D eigenvalue weighted by Gasteiger charge is 2.35. The van der Waals surface area contributed by atoms with Crippen LogP contribution < -0.4 is 0 Å². The lowest BCUT2D eigenvalue weighted by Crippen LogP contribution is -2.46. The lowest BCUT2D eigenvalue weighted by molar-refractivity contribution is -0.157. The zero-order valence-corrected chi connectivity index (χ0v) is 37.7. The number of aliphatic hydroxyl groups is 1. The minimum Gasteiger partial charge on any atom is -0.487 e. The van der Waals surface area contributed by atoms with E-state index in [9.17, 15) is 24.3 Å². The van der Waals surface area contributed by atoms with Crippen molar-refractivity contribution in [3.8, 4) is 0 Å². The van der Waals surface area contributed by atoms with E-state index in [4.69, 9.17) is 31.2 Å². The largest absolute Gasteiger partial charge is 0.487 e. The molecule has 3 rings (SSSR count). The van der Waals surface area contributed by atoms with Crippen LogP contribution in [-0.4, -0.2) is 96.3 Å². The summed E-state index contributed by atoms with van der Waals surface area (Å²) in [6.07, 6.45) is 24.7. The number of aliphatic hydroxyl groups excluding tert-OH is 1. The Balaban J connectivity index is 1.37. The number of hydrogen-bond donors (Lipinski definition) is 1. The van der Waals surface area contributed by atoms with Gasteiger partial charge in [-0.05, 0) is 151 Å². The number of methoxy groups -OCH3 is 1. The molecule has 0 bridgehead atoms. The minimum atomic E-state index is -0.825. The molecule has 3 fully saturated rings. The monoisotopic (exact) mass is 842 g/mol. The fourth-order valence-electron chi connectivity index (χ4n) is 8.82. The molecule has 1 N–H and O–H groups in total. The number of hydrogen-bond acceptors (Lipinski definition) is 10. The fraction of sp³-hybridized carbons (Fsp3) is 0.729. The number of ether oxygens (including phenoxy) is 4. The molecule has 1 saturated carbocycles. The Morgan fingerprint density at radius 2 is 1.61 bits per heavy atom. The molecule has 10 nitrogen and oxygen atoms in total. The highest BCUT2D eigenvalue weighted by molar-refractivity contribution is 7.78. The molecular weight excluding hydrogens is 767 g/mol. The molecule has 0 aromatic carbocycles. The molecule has 0 radical (unpaired) electrons. The summed E-state index contributed by atoms with van der Waals surface area (Å²) in [4.78, 5) is 51.7. The number of allylic oxidation sites excluding steroid dienone is 6. The van der Waals surface area contributed by atoms with E-state index in [1.165, 1.54) is 5.55 Å². The van der Waals surface area contributed by atoms with Gasteiger partial charge in [0.2, 0.25) is 5.78 Å². The Labute approximate surface area is 360 Å². The van der Waals surface area contributed by atoms with Gasteiger partial charge in [-0.3, -0.25) is 19.2 Å². The summed E-state index contributed by atoms with van der Waals surface area (Å²) in [5.74, 6) is 0.0109. The summed E-state index contributed by atoms with van der Waals surface area (Å²) in [5, 5.41) is 10.9. The number of Topliss-reactive ketones (excluding diaryl/α,β-unsaturated/α-hetero) is 2. The van der Waals surface area contributed by atoms with Crippen LogP contribution in [0.5, 0.6) is 0 Å². The topological polar surface area (TPSA) is 129 Å². The number of amides is 1. The van der Waals surface area contributed by atoms with Crippen molar-refractivity contribution in [3.05, 3.63) is 47.6 Å². The average Bonchev–Trinajstić information content (AvgIpc) is 3.23. The van der Waals surface area contributed by atoms with Crippen molar-refractivity contribution in [2.24, 2.45) is 23.7 Å². The Bertz CT molecular complexity index is 1430. The van der Waals surface area contributed by atoms with E-state index < -0.39 is 23.9 Å². The van der Waals surface area contributed by atoms with Gasteiger partial charge in [0.15, 0.2) is 0 Å². The number of carbonyl (C=O) groups is 4. The molecule has 8 atom stereocenters. The molecule has 2 aliphatic heterocycles. The van der Waals surface area contributed by atoms with E-state index in [1.54, 1.807) is 12.0 Å². The van der Waals surface area contributed by atoms with Crippen LogP contribution >= 0.6 is 12.2 Å². The van der Waals surface area contributed by atoms with Crippen molar-refractivity contribution >= 4 is 41.7 Å². The lowest BCUT2D eigenvalue weighted by atomic mass is 9.83. The second-order valence-corrected chi connectivity index (χ2v) is 17.8. The summed E-state index contributed by atoms with van der Waals surface area (Å²) < 4.78 is 22.9. The second-order valence-electron chi connectivity index (χ2n) is 17.6. The van der Waals surface area contributed by atoms with Crippen molar-refractivity contribution in [1.82, 2.24) is 4.90 Å². The van der Waals surface area contributed by atoms with Crippen LogP contribution in [0.1, 0.15) is 144 Å². The Hall–Kier alpha value is -2.99. The SMILES string of the molecule is COC(CC1CCCC(C(=O)C(=O)N2CCCCC2)O1)/C(C)=C/C=C/C=C/C(C)CC(C)C(=O)CC(O)/C(C)=C/C(C)CCC(CCC1CCC(OC=S)CC1)OC=O. The van der Waals surface area contributed by atoms with Gasteiger partial charge in [-0.1, -0.05) is 57.2 Å². The number of rotatable bonds is 26. The van der Waals surface area contributed by atoms with Crippen LogP contribution in [-0.2, 0) is 38.1 Å². The molecule has 11 heteroatoms. The third-order valence-electron chi connectivity index (χ3n) is 12.7. The normalized spacial score (nSPS) is 25.2. The van der Waals surface area contributed by atoms with Gasteiger partial charge in [-0.15, -0.1) is 0 Å². The van der Waals surface area contributed by atoms with E-state index >= 15 is 0 Å². The number of ketones is 2. The van der Waals surface area contributed by atoms with Crippen LogP contribution in [0.2, 0.25) is 0 Å². The van der Waals surface area contributed by atoms with Gasteiger partial charge in [0.1, 0.15) is 23.5 Å². The predicted molar refractivity (Wildman–Crippen MR) is 237 cm³/mol. The van der Waals surface area contributed by atoms with Gasteiger partial charge >= 0.3 is 0 Å². The van der Waals surface area contributed by atoms with Crippen molar-refractivity contribution in [3.63, 3.8) is 0 Å². The molecule has 2 saturated heterocycles. The summed E-state index contributed by atoms with van der Waals surface area (Å²) in [6, 6.07) is 0. The van der Waals surface area contributed by atoms with Gasteiger partial charge in [0.05, 0.1) is 24.4 Å². The number of nitrogens with zero attached hydrogens (tertiary/aromatic N) is 1. The third-order valence-corrected chi connectivity index (χ3v) is 12.8. The molecule has 0 spiro atoms. The smallest absolute Gasteiger partial charge is 0.293 e. The average molecular weight is 842 g/mol. The summed E-state index contributed by atoms with van der Waals surface area (Å²) in [7, 11) is 1.68. The van der Waals surface area contributed by atoms with Crippen LogP contribution in [0.25, 0.3) is 0 Å². The second kappa shape index (κ2) is 27.8. The number of thiocarbonyl (C=S) groups is 1. The van der Waals surface area contributed by atoms with Crippen molar-refractivity contribution in [2.45, 2.75) is 180 Å². The summed E-state index contributed by atoms with van der Waals surface area (Å²) >= 11 is 4.82. The van der Waals surface area contributed by atoms with E-state index in [0.717, 1.165) is 94.6 Å². The van der Waals surface area contributed by atoms with Crippen LogP contribution in [0.4, 0.5) is 0 Å². The van der Waals surface area contributed by atoms with Gasteiger partial charge in [-0.2, -0.15) is 0 Å². The molecule has 59 heavy (non-hydrogen) atoms. The summed E-state index contributed by atoms with van der Waals surface area (Å²) in [6.45, 7) is 11.9. The Morgan fingerprint density at radius 3 is 2.29 bits per heavy atom. The molecule has 332 valence electrons. The highest BCUT2D eigenvalue weighted by Crippen LogP contribution is 2.31. The first-order valence-corrected chi connectivity index (χ1v) is 22.9. The van der Waals surface area contributed by atoms with E-state index in [2.05, 4.69) is 19.9 Å². The zero-order valence-electron chi connectivity index (χ0n) is 36.9. The van der Waals surface area contributed by atoms with Crippen molar-refractivity contribution in [1.29, 1.82) is 0 Å². The first kappa shape index (κ1) is 50.4. The van der Waals surface area contributed by atoms with Crippen molar-refractivity contribution in [2.75, 3.05) is 20.2 Å². The first-order valence-electron chi connectivity index (χ1n) is 22.4. The Kier molecular flexibility index (Phi) is 23.7. The highest BCUT2D eigenvalue weighted by atomic mass is 32.1. The maximum absolute atomic E-state index is 13.1. The molecule has 8 unspecified atom stereocenters. The van der Waals surface area contributed by atoms with E-state index in [-0.39, 0.29) is 54.4 Å². The van der Waals surface area contributed by atoms with E-state index in [0.29, 0.717) is 44.7 Å². The molecule has 1 aliphatic carbocycles. The number of carbonyl (C=O) groups excluding carboxylic acids is 4. The maximum Gasteiger partial charge on any atom is 0.293 e. The summed E-state index contributed by atoms with van der Waals surface area (Å²) in [5.41, 5.74) is 3.21. The molecule has 2 heterocycles. The number of piperidine rings is 1. The molecule has 0 aromatic rings. The lowest BCUT2D eigenvalue weighted by Gasteiger charge is -2.33. The van der Waals surface area contributed by atoms with Crippen LogP contribution in [0.15, 0.2) is 47.6 Å². The van der Waals surface area contributed by atoms with Crippen LogP contribution in [0.3, 0.4) is 0 Å². The zero-order chi connectivity index (χ0) is 43.2. The third kappa shape index (κ3) is 18.7. The molecular formula is C48H75NO9S. The van der Waals surface area contributed by atoms with Crippen molar-refractivity contribution < 1.29 is 43.2 Å². The quantitative estimate of drug-likeness (QED) is 0.0296. The number of likely N-dealkylation sites (tertiary alicyclic amines) is 1. The first-order chi connectivity index (χ1) is 28.3. The predicted octanol–water partition coefficient (Wildman–Crippen LogP) is 9.17. The van der Waals surface area contributed by atoms with Gasteiger partial charge in [0.25, 0.3) is 12.4 Å². The van der Waals surface area contributed by atoms with Crippen LogP contribution in [0, 0.1) is 23.7 Å². The van der Waals surface area contributed by atoms with Gasteiger partial charge in [-0.25, -0.2) is 0 Å². The van der Waals surface area contributed by atoms with Gasteiger partial charge in [0, 0.05) is 39.0 Å². The maximum atomic E-state index is 13.1. The molecule has 3 aliphatic rings. The fourth-order valence-corrected chi connectivity index (χ4v) is 8.98.